The molecule has 1 aliphatic heterocycles. The molecule has 2 aromatic carbocycles. The highest BCUT2D eigenvalue weighted by atomic mass is 16.2. The van der Waals surface area contributed by atoms with Crippen LogP contribution in [0.1, 0.15) is 24.0 Å². The molecule has 0 aromatic heterocycles. The Morgan fingerprint density at radius 2 is 1.93 bits per heavy atom. The maximum absolute atomic E-state index is 12.8. The van der Waals surface area contributed by atoms with Crippen molar-refractivity contribution < 1.29 is 14.4 Å². The van der Waals surface area contributed by atoms with E-state index in [0.717, 1.165) is 5.56 Å². The molecule has 0 radical (unpaired) electrons. The lowest BCUT2D eigenvalue weighted by Gasteiger charge is -2.42. The van der Waals surface area contributed by atoms with Gasteiger partial charge in [-0.3, -0.25) is 9.69 Å². The molecule has 2 aliphatic rings. The zero-order valence-corrected chi connectivity index (χ0v) is 15.6. The van der Waals surface area contributed by atoms with Crippen molar-refractivity contribution in [1.29, 1.82) is 0 Å². The zero-order valence-electron chi connectivity index (χ0n) is 15.6. The Morgan fingerprint density at radius 3 is 2.66 bits per heavy atom. The van der Waals surface area contributed by atoms with E-state index in [1.165, 1.54) is 4.90 Å². The van der Waals surface area contributed by atoms with Gasteiger partial charge in [-0.2, -0.15) is 0 Å². The lowest BCUT2D eigenvalue weighted by molar-refractivity contribution is -0.135. The molecule has 146 valence electrons. The van der Waals surface area contributed by atoms with Crippen molar-refractivity contribution in [1.82, 2.24) is 15.5 Å². The first kappa shape index (κ1) is 18.6. The second-order valence-electron chi connectivity index (χ2n) is 7.32. The zero-order chi connectivity index (χ0) is 20.4. The molecule has 7 nitrogen and oxygen atoms in total. The number of hydrogen-bond acceptors (Lipinski definition) is 3. The van der Waals surface area contributed by atoms with E-state index in [1.54, 1.807) is 24.3 Å². The average Bonchev–Trinajstić information content (AvgIpc) is 2.93. The fourth-order valence-electron chi connectivity index (χ4n) is 3.79. The number of terminal acetylenes is 1. The quantitative estimate of drug-likeness (QED) is 0.555. The normalized spacial score (nSPS) is 22.6. The fourth-order valence-corrected chi connectivity index (χ4v) is 3.79. The van der Waals surface area contributed by atoms with Gasteiger partial charge in [-0.25, -0.2) is 9.59 Å². The van der Waals surface area contributed by atoms with Gasteiger partial charge in [-0.15, -0.1) is 6.42 Å². The lowest BCUT2D eigenvalue weighted by Crippen LogP contribution is -2.64. The molecule has 1 saturated heterocycles. The highest BCUT2D eigenvalue weighted by Crippen LogP contribution is 2.38. The summed E-state index contributed by atoms with van der Waals surface area (Å²) in [4.78, 5) is 38.6. The molecule has 0 bridgehead atoms. The van der Waals surface area contributed by atoms with Gasteiger partial charge >= 0.3 is 12.1 Å². The number of hydrogen-bond donors (Lipinski definition) is 3. The summed E-state index contributed by atoms with van der Waals surface area (Å²) >= 11 is 0. The number of urea groups is 2. The Bertz CT molecular complexity index is 1010. The summed E-state index contributed by atoms with van der Waals surface area (Å²) < 4.78 is 0. The second-order valence-corrected chi connectivity index (χ2v) is 7.32. The third-order valence-electron chi connectivity index (χ3n) is 5.24. The van der Waals surface area contributed by atoms with Gasteiger partial charge in [0.15, 0.2) is 0 Å². The summed E-state index contributed by atoms with van der Waals surface area (Å²) in [6, 6.07) is 15.4. The minimum atomic E-state index is -0.923. The minimum absolute atomic E-state index is 0.202. The Balaban J connectivity index is 1.33. The van der Waals surface area contributed by atoms with Crippen LogP contribution < -0.4 is 16.0 Å². The second kappa shape index (κ2) is 7.32. The molecule has 5 amide bonds. The van der Waals surface area contributed by atoms with Crippen molar-refractivity contribution in [3.63, 3.8) is 0 Å². The van der Waals surface area contributed by atoms with Crippen LogP contribution in [0.4, 0.5) is 15.3 Å². The first-order valence-electron chi connectivity index (χ1n) is 9.31. The monoisotopic (exact) mass is 388 g/mol. The van der Waals surface area contributed by atoms with Crippen LogP contribution in [-0.2, 0) is 11.3 Å². The van der Waals surface area contributed by atoms with Gasteiger partial charge in [-0.1, -0.05) is 42.3 Å². The van der Waals surface area contributed by atoms with E-state index in [2.05, 4.69) is 21.9 Å². The third kappa shape index (κ3) is 3.65. The van der Waals surface area contributed by atoms with Crippen molar-refractivity contribution in [3.05, 3.63) is 65.7 Å². The van der Waals surface area contributed by atoms with Crippen LogP contribution in [0, 0.1) is 12.3 Å². The van der Waals surface area contributed by atoms with Gasteiger partial charge in [0.25, 0.3) is 5.91 Å². The van der Waals surface area contributed by atoms with Crippen molar-refractivity contribution in [2.45, 2.75) is 31.0 Å². The molecule has 1 aliphatic carbocycles. The summed E-state index contributed by atoms with van der Waals surface area (Å²) in [5.74, 6) is 2.27. The number of carbonyl (C=O) groups excluding carboxylic acids is 3. The number of rotatable bonds is 4. The maximum Gasteiger partial charge on any atom is 0.325 e. The van der Waals surface area contributed by atoms with Crippen molar-refractivity contribution in [2.24, 2.45) is 0 Å². The highest BCUT2D eigenvalue weighted by molar-refractivity contribution is 6.07. The van der Waals surface area contributed by atoms with Crippen LogP contribution in [0.15, 0.2) is 54.6 Å². The molecule has 0 unspecified atom stereocenters. The number of anilines is 1. The minimum Gasteiger partial charge on any atom is -0.335 e. The summed E-state index contributed by atoms with van der Waals surface area (Å²) in [6.07, 6.45) is 6.09. The van der Waals surface area contributed by atoms with E-state index in [-0.39, 0.29) is 24.5 Å². The fraction of sp³-hybridized carbons (Fsp3) is 0.227. The predicted molar refractivity (Wildman–Crippen MR) is 108 cm³/mol. The molecule has 2 fully saturated rings. The molecule has 29 heavy (non-hydrogen) atoms. The lowest BCUT2D eigenvalue weighted by atomic mass is 9.72. The topological polar surface area (TPSA) is 90.5 Å². The van der Waals surface area contributed by atoms with Crippen LogP contribution in [0.2, 0.25) is 0 Å². The van der Waals surface area contributed by atoms with Crippen molar-refractivity contribution in [2.75, 3.05) is 5.32 Å². The van der Waals surface area contributed by atoms with Gasteiger partial charge < -0.3 is 16.0 Å². The van der Waals surface area contributed by atoms with Gasteiger partial charge in [-0.05, 0) is 23.8 Å². The van der Waals surface area contributed by atoms with Crippen LogP contribution in [0.25, 0.3) is 0 Å². The SMILES string of the molecule is C#Cc1cccc(NC(=O)NC2CC3(C2)NC(=O)N(Cc2ccccc2)C3=O)c1. The summed E-state index contributed by atoms with van der Waals surface area (Å²) in [5.41, 5.74) is 1.22. The van der Waals surface area contributed by atoms with Crippen molar-refractivity contribution >= 4 is 23.7 Å². The Labute approximate surface area is 168 Å². The van der Waals surface area contributed by atoms with Crippen LogP contribution in [0.3, 0.4) is 0 Å². The van der Waals surface area contributed by atoms with E-state index in [1.807, 2.05) is 30.3 Å². The Morgan fingerprint density at radius 1 is 1.17 bits per heavy atom. The third-order valence-corrected chi connectivity index (χ3v) is 5.24. The molecule has 1 heterocycles. The van der Waals surface area contributed by atoms with E-state index >= 15 is 0 Å². The standard InChI is InChI=1S/C22H20N4O3/c1-2-15-9-6-10-17(11-15)23-20(28)24-18-12-22(13-18)19(27)26(21(29)25-22)14-16-7-4-3-5-8-16/h1,3-11,18H,12-14H2,(H,25,29)(H2,23,24,28). The number of nitrogens with one attached hydrogen (secondary N) is 3. The molecular formula is C22H20N4O3. The number of amides is 5. The molecule has 3 N–H and O–H groups in total. The molecule has 7 heteroatoms. The number of carbonyl (C=O) groups is 3. The summed E-state index contributed by atoms with van der Waals surface area (Å²) in [5, 5.41) is 8.36. The van der Waals surface area contributed by atoms with E-state index in [0.29, 0.717) is 24.1 Å². The maximum atomic E-state index is 12.8. The molecular weight excluding hydrogens is 368 g/mol. The van der Waals surface area contributed by atoms with E-state index in [4.69, 9.17) is 6.42 Å². The molecule has 1 spiro atoms. The summed E-state index contributed by atoms with van der Waals surface area (Å²) in [6.45, 7) is 0.233. The molecule has 1 saturated carbocycles. The number of benzene rings is 2. The molecule has 2 aromatic rings. The highest BCUT2D eigenvalue weighted by Gasteiger charge is 2.58. The van der Waals surface area contributed by atoms with Gasteiger partial charge in [0.2, 0.25) is 0 Å². The predicted octanol–water partition coefficient (Wildman–Crippen LogP) is 2.44. The van der Waals surface area contributed by atoms with Crippen molar-refractivity contribution in [3.8, 4) is 12.3 Å². The van der Waals surface area contributed by atoms with Gasteiger partial charge in [0, 0.05) is 30.1 Å². The van der Waals surface area contributed by atoms with Gasteiger partial charge in [0.05, 0.1) is 6.54 Å². The number of nitrogens with zero attached hydrogens (tertiary/aromatic N) is 1. The summed E-state index contributed by atoms with van der Waals surface area (Å²) in [7, 11) is 0. The van der Waals surface area contributed by atoms with E-state index in [9.17, 15) is 14.4 Å². The van der Waals surface area contributed by atoms with Crippen LogP contribution >= 0.6 is 0 Å². The average molecular weight is 388 g/mol. The first-order valence-corrected chi connectivity index (χ1v) is 9.31. The van der Waals surface area contributed by atoms with E-state index < -0.39 is 11.6 Å². The smallest absolute Gasteiger partial charge is 0.325 e. The number of imide groups is 1. The van der Waals surface area contributed by atoms with Gasteiger partial charge in [0.1, 0.15) is 5.54 Å². The molecule has 0 atom stereocenters. The van der Waals surface area contributed by atoms with Crippen LogP contribution in [0.5, 0.6) is 0 Å². The van der Waals surface area contributed by atoms with Crippen LogP contribution in [-0.4, -0.2) is 34.5 Å². The molecule has 4 rings (SSSR count). The Hall–Kier alpha value is -3.79. The first-order chi connectivity index (χ1) is 14.0. The Kier molecular flexibility index (Phi) is 4.69. The largest absolute Gasteiger partial charge is 0.335 e.